The summed E-state index contributed by atoms with van der Waals surface area (Å²) in [5, 5.41) is 2.29. The molecule has 8 heteroatoms. The number of hydrogen-bond donors (Lipinski definition) is 0. The van der Waals surface area contributed by atoms with Gasteiger partial charge in [-0.3, -0.25) is 9.36 Å². The van der Waals surface area contributed by atoms with Crippen LogP contribution in [0.25, 0.3) is 22.7 Å². The van der Waals surface area contributed by atoms with E-state index < -0.39 is 0 Å². The molecule has 2 aromatic heterocycles. The second kappa shape index (κ2) is 11.2. The van der Waals surface area contributed by atoms with E-state index in [0.717, 1.165) is 63.0 Å². The lowest BCUT2D eigenvalue weighted by Gasteiger charge is -2.31. The number of para-hydroxylation sites is 2. The summed E-state index contributed by atoms with van der Waals surface area (Å²) >= 11 is 14.1. The number of hydrogen-bond acceptors (Lipinski definition) is 4. The molecule has 0 spiro atoms. The zero-order valence-electron chi connectivity index (χ0n) is 24.3. The maximum Gasteiger partial charge on any atom is 0.271 e. The average Bonchev–Trinajstić information content (AvgIpc) is 3.57. The van der Waals surface area contributed by atoms with Crippen molar-refractivity contribution in [1.29, 1.82) is 0 Å². The summed E-state index contributed by atoms with van der Waals surface area (Å²) in [4.78, 5) is 20.3. The van der Waals surface area contributed by atoms with Crippen molar-refractivity contribution in [2.75, 3.05) is 7.11 Å². The van der Waals surface area contributed by atoms with Crippen LogP contribution in [0.1, 0.15) is 40.3 Å². The molecule has 0 amide bonds. The van der Waals surface area contributed by atoms with Crippen LogP contribution in [0.4, 0.5) is 0 Å². The molecular weight excluding hydrogens is 621 g/mol. The molecule has 1 atom stereocenters. The monoisotopic (exact) mass is 647 g/mol. The third-order valence-corrected chi connectivity index (χ3v) is 10.3. The highest BCUT2D eigenvalue weighted by Gasteiger charge is 2.34. The van der Waals surface area contributed by atoms with Crippen LogP contribution in [-0.4, -0.2) is 16.2 Å². The average molecular weight is 649 g/mol. The number of methoxy groups -OCH3 is 1. The predicted molar refractivity (Wildman–Crippen MR) is 183 cm³/mol. The fourth-order valence-corrected chi connectivity index (χ4v) is 8.15. The standard InChI is InChI=1S/C37H27Cl2N3O2S/c1-44-32-13-7-5-11-28(32)35-29-17-15-22-8-2-3-10-27(22)34(29)40-37-42(35)36(43)33(45-37)18-24-21-41(31-12-6-4-9-26(24)31)20-23-14-16-25(38)19-30(23)39/h2-14,16,18-19,21,35H,15,17,20H2,1H3/b33-18-. The van der Waals surface area contributed by atoms with Crippen LogP contribution < -0.4 is 19.6 Å². The van der Waals surface area contributed by atoms with Gasteiger partial charge in [-0.05, 0) is 59.9 Å². The molecule has 0 saturated heterocycles. The molecule has 2 aliphatic rings. The number of rotatable bonds is 5. The molecule has 45 heavy (non-hydrogen) atoms. The van der Waals surface area contributed by atoms with Crippen molar-refractivity contribution in [3.05, 3.63) is 160 Å². The minimum absolute atomic E-state index is 0.0577. The molecule has 1 aliphatic heterocycles. The Bertz CT molecular complexity index is 2370. The van der Waals surface area contributed by atoms with E-state index in [9.17, 15) is 4.79 Å². The fraction of sp³-hybridized carbons (Fsp3) is 0.135. The van der Waals surface area contributed by atoms with Gasteiger partial charge in [-0.25, -0.2) is 4.99 Å². The number of nitrogens with zero attached hydrogens (tertiary/aromatic N) is 3. The van der Waals surface area contributed by atoms with Gasteiger partial charge in [0.15, 0.2) is 4.80 Å². The lowest BCUT2D eigenvalue weighted by molar-refractivity contribution is 0.402. The number of thiazole rings is 1. The highest BCUT2D eigenvalue weighted by molar-refractivity contribution is 7.07. The van der Waals surface area contributed by atoms with Crippen molar-refractivity contribution >= 4 is 57.2 Å². The first-order valence-corrected chi connectivity index (χ1v) is 16.3. The van der Waals surface area contributed by atoms with E-state index >= 15 is 0 Å². The molecule has 0 bridgehead atoms. The number of ether oxygens (including phenoxy) is 1. The number of halogens is 2. The van der Waals surface area contributed by atoms with Crippen molar-refractivity contribution in [1.82, 2.24) is 9.13 Å². The summed E-state index contributed by atoms with van der Waals surface area (Å²) in [6.45, 7) is 0.575. The molecule has 4 aromatic carbocycles. The van der Waals surface area contributed by atoms with Gasteiger partial charge in [0.2, 0.25) is 0 Å². The Morgan fingerprint density at radius 1 is 0.978 bits per heavy atom. The topological polar surface area (TPSA) is 48.5 Å². The third-order valence-electron chi connectivity index (χ3n) is 8.77. The second-order valence-electron chi connectivity index (χ2n) is 11.3. The minimum Gasteiger partial charge on any atom is -0.496 e. The molecule has 1 aliphatic carbocycles. The summed E-state index contributed by atoms with van der Waals surface area (Å²) < 4.78 is 10.5. The smallest absolute Gasteiger partial charge is 0.271 e. The van der Waals surface area contributed by atoms with Crippen LogP contribution in [0, 0.1) is 0 Å². The van der Waals surface area contributed by atoms with Gasteiger partial charge in [0, 0.05) is 50.4 Å². The summed E-state index contributed by atoms with van der Waals surface area (Å²) in [7, 11) is 1.68. The van der Waals surface area contributed by atoms with Crippen LogP contribution in [-0.2, 0) is 13.0 Å². The molecule has 0 fully saturated rings. The Kier molecular flexibility index (Phi) is 7.01. The maximum atomic E-state index is 14.4. The molecule has 5 nitrogen and oxygen atoms in total. The van der Waals surface area contributed by atoms with E-state index in [2.05, 4.69) is 53.2 Å². The van der Waals surface area contributed by atoms with Crippen LogP contribution in [0.3, 0.4) is 0 Å². The summed E-state index contributed by atoms with van der Waals surface area (Å²) in [6, 6.07) is 29.9. The van der Waals surface area contributed by atoms with Gasteiger partial charge in [0.25, 0.3) is 5.56 Å². The maximum absolute atomic E-state index is 14.4. The predicted octanol–water partition coefficient (Wildman–Crippen LogP) is 7.64. The molecule has 0 saturated carbocycles. The van der Waals surface area contributed by atoms with E-state index in [1.165, 1.54) is 16.9 Å². The van der Waals surface area contributed by atoms with Crippen LogP contribution in [0.2, 0.25) is 10.0 Å². The first-order chi connectivity index (χ1) is 22.0. The molecule has 1 unspecified atom stereocenters. The Morgan fingerprint density at radius 3 is 2.64 bits per heavy atom. The van der Waals surface area contributed by atoms with E-state index in [-0.39, 0.29) is 11.6 Å². The van der Waals surface area contributed by atoms with Crippen LogP contribution in [0.5, 0.6) is 5.75 Å². The van der Waals surface area contributed by atoms with Crippen molar-refractivity contribution in [3.8, 4) is 5.75 Å². The Balaban J connectivity index is 1.33. The molecule has 3 heterocycles. The van der Waals surface area contributed by atoms with E-state index in [0.29, 0.717) is 25.9 Å². The van der Waals surface area contributed by atoms with Crippen molar-refractivity contribution in [2.24, 2.45) is 4.99 Å². The van der Waals surface area contributed by atoms with Crippen LogP contribution in [0.15, 0.2) is 113 Å². The molecule has 0 radical (unpaired) electrons. The van der Waals surface area contributed by atoms with Gasteiger partial charge < -0.3 is 9.30 Å². The minimum atomic E-state index is -0.309. The lowest BCUT2D eigenvalue weighted by Crippen LogP contribution is -2.38. The Hall–Kier alpha value is -4.36. The molecular formula is C37H27Cl2N3O2S. The normalized spacial score (nSPS) is 15.9. The summed E-state index contributed by atoms with van der Waals surface area (Å²) in [5.74, 6) is 0.758. The Morgan fingerprint density at radius 2 is 1.78 bits per heavy atom. The van der Waals surface area contributed by atoms with Gasteiger partial charge in [0.05, 0.1) is 23.4 Å². The van der Waals surface area contributed by atoms with E-state index in [1.807, 2.05) is 53.1 Å². The molecule has 6 aromatic rings. The Labute approximate surface area is 273 Å². The number of aryl methyl sites for hydroxylation is 1. The van der Waals surface area contributed by atoms with Gasteiger partial charge >= 0.3 is 0 Å². The van der Waals surface area contributed by atoms with Gasteiger partial charge in [-0.2, -0.15) is 0 Å². The zero-order valence-corrected chi connectivity index (χ0v) is 26.7. The van der Waals surface area contributed by atoms with Crippen molar-refractivity contribution in [3.63, 3.8) is 0 Å². The molecule has 222 valence electrons. The highest BCUT2D eigenvalue weighted by Crippen LogP contribution is 2.43. The lowest BCUT2D eigenvalue weighted by atomic mass is 9.83. The van der Waals surface area contributed by atoms with Gasteiger partial charge in [0.1, 0.15) is 5.75 Å². The summed E-state index contributed by atoms with van der Waals surface area (Å²) in [5.41, 5.74) is 8.43. The number of aromatic nitrogens is 2. The first kappa shape index (κ1) is 28.1. The summed E-state index contributed by atoms with van der Waals surface area (Å²) in [6.07, 6.45) is 5.82. The molecule has 8 rings (SSSR count). The number of allylic oxidation sites excluding steroid dienone is 1. The van der Waals surface area contributed by atoms with E-state index in [1.54, 1.807) is 13.2 Å². The number of fused-ring (bicyclic) bond motifs is 4. The van der Waals surface area contributed by atoms with Gasteiger partial charge in [-0.1, -0.05) is 101 Å². The fourth-order valence-electron chi connectivity index (χ4n) is 6.69. The zero-order chi connectivity index (χ0) is 30.7. The first-order valence-electron chi connectivity index (χ1n) is 14.8. The SMILES string of the molecule is COc1ccccc1C1C2=C(N=c3s/c(=C\c4cn(Cc5ccc(Cl)cc5Cl)c5ccccc45)c(=O)n31)c1ccccc1CC2. The second-order valence-corrected chi connectivity index (χ2v) is 13.2. The third kappa shape index (κ3) is 4.76. The quantitative estimate of drug-likeness (QED) is 0.193. The van der Waals surface area contributed by atoms with Crippen molar-refractivity contribution < 1.29 is 4.74 Å². The highest BCUT2D eigenvalue weighted by atomic mass is 35.5. The van der Waals surface area contributed by atoms with Crippen LogP contribution >= 0.6 is 34.5 Å². The largest absolute Gasteiger partial charge is 0.496 e. The van der Waals surface area contributed by atoms with E-state index in [4.69, 9.17) is 32.9 Å². The molecule has 0 N–H and O–H groups in total. The van der Waals surface area contributed by atoms with Crippen molar-refractivity contribution in [2.45, 2.75) is 25.4 Å². The number of benzene rings is 4. The van der Waals surface area contributed by atoms with Gasteiger partial charge in [-0.15, -0.1) is 0 Å².